The van der Waals surface area contributed by atoms with Gasteiger partial charge in [0.05, 0.1) is 12.7 Å². The zero-order valence-corrected chi connectivity index (χ0v) is 12.9. The molecule has 4 nitrogen and oxygen atoms in total. The van der Waals surface area contributed by atoms with Crippen LogP contribution in [-0.2, 0) is 13.0 Å². The summed E-state index contributed by atoms with van der Waals surface area (Å²) in [6.07, 6.45) is 3.30. The molecule has 0 aromatic heterocycles. The van der Waals surface area contributed by atoms with Crippen molar-refractivity contribution in [2.24, 2.45) is 5.92 Å². The Morgan fingerprint density at radius 1 is 1.43 bits per heavy atom. The highest BCUT2D eigenvalue weighted by molar-refractivity contribution is 5.48. The summed E-state index contributed by atoms with van der Waals surface area (Å²) in [5.41, 5.74) is 2.33. The fourth-order valence-corrected chi connectivity index (χ4v) is 2.91. The van der Waals surface area contributed by atoms with Gasteiger partial charge in [0.2, 0.25) is 0 Å². The lowest BCUT2D eigenvalue weighted by Crippen LogP contribution is -2.28. The molecule has 1 saturated carbocycles. The Morgan fingerprint density at radius 2 is 2.24 bits per heavy atom. The summed E-state index contributed by atoms with van der Waals surface area (Å²) >= 11 is 0. The van der Waals surface area contributed by atoms with Crippen molar-refractivity contribution in [3.05, 3.63) is 23.3 Å². The van der Waals surface area contributed by atoms with Crippen molar-refractivity contribution in [1.82, 2.24) is 5.32 Å². The van der Waals surface area contributed by atoms with E-state index in [-0.39, 0.29) is 12.2 Å². The number of nitrogens with one attached hydrogen (secondary N) is 1. The molecular weight excluding hydrogens is 266 g/mol. The van der Waals surface area contributed by atoms with Crippen LogP contribution < -0.4 is 14.8 Å². The van der Waals surface area contributed by atoms with Crippen LogP contribution in [0.15, 0.2) is 12.1 Å². The van der Waals surface area contributed by atoms with Gasteiger partial charge >= 0.3 is 0 Å². The highest BCUT2D eigenvalue weighted by Crippen LogP contribution is 2.35. The molecule has 1 aromatic rings. The van der Waals surface area contributed by atoms with E-state index in [1.807, 2.05) is 6.92 Å². The van der Waals surface area contributed by atoms with Crippen LogP contribution in [0.1, 0.15) is 37.8 Å². The molecule has 116 valence electrons. The van der Waals surface area contributed by atoms with Gasteiger partial charge in [-0.15, -0.1) is 0 Å². The smallest absolute Gasteiger partial charge is 0.124 e. The maximum atomic E-state index is 9.91. The van der Waals surface area contributed by atoms with Crippen molar-refractivity contribution in [3.63, 3.8) is 0 Å². The maximum absolute atomic E-state index is 9.91. The normalized spacial score (nSPS) is 21.8. The molecule has 2 N–H and O–H groups in total. The van der Waals surface area contributed by atoms with Crippen LogP contribution in [0.3, 0.4) is 0 Å². The average molecular weight is 291 g/mol. The Hall–Kier alpha value is -1.26. The summed E-state index contributed by atoms with van der Waals surface area (Å²) in [5, 5.41) is 13.2. The van der Waals surface area contributed by atoms with Crippen LogP contribution in [0.25, 0.3) is 0 Å². The third-order valence-electron chi connectivity index (χ3n) is 4.21. The molecule has 0 saturated heterocycles. The highest BCUT2D eigenvalue weighted by atomic mass is 16.5. The average Bonchev–Trinajstić information content (AvgIpc) is 3.22. The molecule has 2 aliphatic rings. The first-order valence-corrected chi connectivity index (χ1v) is 8.01. The van der Waals surface area contributed by atoms with Gasteiger partial charge in [0, 0.05) is 30.6 Å². The number of aliphatic hydroxyl groups is 1. The quantitative estimate of drug-likeness (QED) is 0.809. The molecule has 21 heavy (non-hydrogen) atoms. The molecule has 4 heteroatoms. The zero-order valence-electron chi connectivity index (χ0n) is 12.9. The minimum absolute atomic E-state index is 0.216. The first-order valence-electron chi connectivity index (χ1n) is 8.01. The van der Waals surface area contributed by atoms with Crippen molar-refractivity contribution in [2.75, 3.05) is 13.2 Å². The second-order valence-electron chi connectivity index (χ2n) is 6.17. The van der Waals surface area contributed by atoms with Crippen molar-refractivity contribution < 1.29 is 14.6 Å². The van der Waals surface area contributed by atoms with Crippen molar-refractivity contribution >= 4 is 0 Å². The second kappa shape index (κ2) is 6.24. The predicted octanol–water partition coefficient (Wildman–Crippen LogP) is 2.27. The molecule has 0 amide bonds. The van der Waals surface area contributed by atoms with Gasteiger partial charge in [-0.1, -0.05) is 0 Å². The summed E-state index contributed by atoms with van der Waals surface area (Å²) in [5.74, 6) is 2.42. The first kappa shape index (κ1) is 14.7. The number of rotatable bonds is 7. The molecule has 0 spiro atoms. The number of hydrogen-bond donors (Lipinski definition) is 2. The van der Waals surface area contributed by atoms with Gasteiger partial charge in [0.15, 0.2) is 0 Å². The molecule has 2 unspecified atom stereocenters. The number of hydrogen-bond acceptors (Lipinski definition) is 4. The van der Waals surface area contributed by atoms with E-state index in [1.54, 1.807) is 0 Å². The van der Waals surface area contributed by atoms with Gasteiger partial charge < -0.3 is 19.9 Å². The first-order chi connectivity index (χ1) is 10.2. The zero-order chi connectivity index (χ0) is 14.8. The summed E-state index contributed by atoms with van der Waals surface area (Å²) in [6, 6.07) is 4.19. The standard InChI is InChI=1S/C17H25NO3/c1-3-20-16-7-13-6-11(2)21-17(13)8-14(16)9-18-10-15(19)12-4-5-12/h7-8,11-12,15,18-19H,3-6,9-10H2,1-2H3. The van der Waals surface area contributed by atoms with Crippen molar-refractivity contribution in [3.8, 4) is 11.5 Å². The number of ether oxygens (including phenoxy) is 2. The molecular formula is C17H25NO3. The lowest BCUT2D eigenvalue weighted by atomic mass is 10.1. The van der Waals surface area contributed by atoms with E-state index in [9.17, 15) is 5.11 Å². The lowest BCUT2D eigenvalue weighted by Gasteiger charge is -2.15. The number of aliphatic hydroxyl groups excluding tert-OH is 1. The van der Waals surface area contributed by atoms with Crippen LogP contribution in [-0.4, -0.2) is 30.5 Å². The van der Waals surface area contributed by atoms with E-state index >= 15 is 0 Å². The molecule has 0 radical (unpaired) electrons. The largest absolute Gasteiger partial charge is 0.494 e. The van der Waals surface area contributed by atoms with Crippen molar-refractivity contribution in [2.45, 2.75) is 51.9 Å². The molecule has 1 fully saturated rings. The third kappa shape index (κ3) is 3.50. The molecule has 2 atom stereocenters. The van der Waals surface area contributed by atoms with E-state index in [4.69, 9.17) is 9.47 Å². The Labute approximate surface area is 126 Å². The predicted molar refractivity (Wildman–Crippen MR) is 81.8 cm³/mol. The van der Waals surface area contributed by atoms with Crippen LogP contribution in [0, 0.1) is 5.92 Å². The Balaban J connectivity index is 1.66. The van der Waals surface area contributed by atoms with Gasteiger partial charge in [-0.05, 0) is 44.7 Å². The molecule has 1 aliphatic carbocycles. The highest BCUT2D eigenvalue weighted by Gasteiger charge is 2.29. The molecule has 1 aliphatic heterocycles. The Kier molecular flexibility index (Phi) is 4.36. The fraction of sp³-hybridized carbons (Fsp3) is 0.647. The summed E-state index contributed by atoms with van der Waals surface area (Å²) in [7, 11) is 0. The Morgan fingerprint density at radius 3 is 2.95 bits per heavy atom. The van der Waals surface area contributed by atoms with Gasteiger partial charge in [0.1, 0.15) is 17.6 Å². The SMILES string of the molecule is CCOc1cc2c(cc1CNCC(O)C1CC1)OC(C)C2. The van der Waals surface area contributed by atoms with Crippen LogP contribution in [0.5, 0.6) is 11.5 Å². The Bertz CT molecular complexity index is 499. The maximum Gasteiger partial charge on any atom is 0.124 e. The molecule has 1 heterocycles. The van der Waals surface area contributed by atoms with Crippen LogP contribution in [0.4, 0.5) is 0 Å². The summed E-state index contributed by atoms with van der Waals surface area (Å²) in [6.45, 7) is 6.09. The van der Waals surface area contributed by atoms with Crippen LogP contribution >= 0.6 is 0 Å². The topological polar surface area (TPSA) is 50.7 Å². The van der Waals surface area contributed by atoms with E-state index in [2.05, 4.69) is 24.4 Å². The lowest BCUT2D eigenvalue weighted by molar-refractivity contribution is 0.148. The molecule has 0 bridgehead atoms. The minimum atomic E-state index is -0.216. The van der Waals surface area contributed by atoms with E-state index < -0.39 is 0 Å². The second-order valence-corrected chi connectivity index (χ2v) is 6.17. The molecule has 1 aromatic carbocycles. The van der Waals surface area contributed by atoms with E-state index in [0.717, 1.165) is 36.3 Å². The minimum Gasteiger partial charge on any atom is -0.494 e. The van der Waals surface area contributed by atoms with Gasteiger partial charge in [0.25, 0.3) is 0 Å². The fourth-order valence-electron chi connectivity index (χ4n) is 2.91. The molecule has 3 rings (SSSR count). The summed E-state index contributed by atoms with van der Waals surface area (Å²) in [4.78, 5) is 0. The summed E-state index contributed by atoms with van der Waals surface area (Å²) < 4.78 is 11.6. The van der Waals surface area contributed by atoms with E-state index in [1.165, 1.54) is 5.56 Å². The number of benzene rings is 1. The van der Waals surface area contributed by atoms with Gasteiger partial charge in [-0.25, -0.2) is 0 Å². The third-order valence-corrected chi connectivity index (χ3v) is 4.21. The van der Waals surface area contributed by atoms with Gasteiger partial charge in [-0.3, -0.25) is 0 Å². The van der Waals surface area contributed by atoms with Crippen LogP contribution in [0.2, 0.25) is 0 Å². The number of fused-ring (bicyclic) bond motifs is 1. The van der Waals surface area contributed by atoms with E-state index in [0.29, 0.717) is 25.6 Å². The van der Waals surface area contributed by atoms with Crippen molar-refractivity contribution in [1.29, 1.82) is 0 Å². The van der Waals surface area contributed by atoms with Gasteiger partial charge in [-0.2, -0.15) is 0 Å². The monoisotopic (exact) mass is 291 g/mol.